The minimum Gasteiger partial charge on any atom is -0.388 e. The molecular weight excluding hydrogens is 340 g/mol. The summed E-state index contributed by atoms with van der Waals surface area (Å²) >= 11 is 9.69. The summed E-state index contributed by atoms with van der Waals surface area (Å²) in [6, 6.07) is 5.61. The lowest BCUT2D eigenvalue weighted by Crippen LogP contribution is -2.08. The third-order valence-electron chi connectivity index (χ3n) is 3.56. The number of rotatable bonds is 4. The minimum absolute atomic E-state index is 0.505. The van der Waals surface area contributed by atoms with Gasteiger partial charge in [-0.2, -0.15) is 5.10 Å². The third kappa shape index (κ3) is 2.92. The molecule has 1 unspecified atom stereocenters. The van der Waals surface area contributed by atoms with Gasteiger partial charge in [-0.3, -0.25) is 4.68 Å². The first kappa shape index (κ1) is 15.5. The molecular formula is C15H18BrClN2O. The van der Waals surface area contributed by atoms with Crippen LogP contribution in [0.2, 0.25) is 5.02 Å². The second-order valence-corrected chi connectivity index (χ2v) is 6.06. The summed E-state index contributed by atoms with van der Waals surface area (Å²) in [6.45, 7) is 3.99. The van der Waals surface area contributed by atoms with E-state index >= 15 is 0 Å². The zero-order valence-corrected chi connectivity index (χ0v) is 14.2. The summed E-state index contributed by atoms with van der Waals surface area (Å²) in [7, 11) is 1.90. The molecule has 0 spiro atoms. The highest BCUT2D eigenvalue weighted by molar-refractivity contribution is 9.10. The van der Waals surface area contributed by atoms with E-state index in [9.17, 15) is 5.11 Å². The van der Waals surface area contributed by atoms with Crippen LogP contribution >= 0.6 is 27.5 Å². The number of aliphatic hydroxyl groups is 1. The molecule has 0 bridgehead atoms. The van der Waals surface area contributed by atoms with Gasteiger partial charge in [0.2, 0.25) is 0 Å². The van der Waals surface area contributed by atoms with Crippen LogP contribution < -0.4 is 0 Å². The van der Waals surface area contributed by atoms with Gasteiger partial charge >= 0.3 is 0 Å². The molecule has 1 aromatic heterocycles. The lowest BCUT2D eigenvalue weighted by Gasteiger charge is -2.15. The first-order valence-corrected chi connectivity index (χ1v) is 7.76. The largest absolute Gasteiger partial charge is 0.388 e. The standard InChI is InChI=1S/C15H18BrClN2O/c1-4-12-15(16)13(19(3)18-12)8-14(20)10-6-5-7-11(17)9(10)2/h5-7,14,20H,4,8H2,1-3H3. The van der Waals surface area contributed by atoms with E-state index in [0.717, 1.165) is 33.4 Å². The Morgan fingerprint density at radius 3 is 2.75 bits per heavy atom. The molecule has 1 aromatic carbocycles. The van der Waals surface area contributed by atoms with Gasteiger partial charge in [-0.05, 0) is 46.5 Å². The average Bonchev–Trinajstić information content (AvgIpc) is 2.69. The lowest BCUT2D eigenvalue weighted by molar-refractivity contribution is 0.175. The van der Waals surface area contributed by atoms with Crippen molar-refractivity contribution in [3.8, 4) is 0 Å². The summed E-state index contributed by atoms with van der Waals surface area (Å²) in [4.78, 5) is 0. The maximum absolute atomic E-state index is 10.5. The quantitative estimate of drug-likeness (QED) is 0.898. The summed E-state index contributed by atoms with van der Waals surface area (Å²) in [5.74, 6) is 0. The molecule has 1 atom stereocenters. The van der Waals surface area contributed by atoms with Gasteiger partial charge < -0.3 is 5.11 Å². The molecule has 2 rings (SSSR count). The maximum atomic E-state index is 10.5. The van der Waals surface area contributed by atoms with E-state index in [-0.39, 0.29) is 0 Å². The zero-order valence-electron chi connectivity index (χ0n) is 11.8. The molecule has 0 saturated heterocycles. The monoisotopic (exact) mass is 356 g/mol. The van der Waals surface area contributed by atoms with Crippen molar-refractivity contribution in [2.75, 3.05) is 0 Å². The molecule has 0 saturated carbocycles. The van der Waals surface area contributed by atoms with Gasteiger partial charge in [0.25, 0.3) is 0 Å². The SMILES string of the molecule is CCc1nn(C)c(CC(O)c2cccc(Cl)c2C)c1Br. The van der Waals surface area contributed by atoms with Crippen LogP contribution in [0.25, 0.3) is 0 Å². The number of hydrogen-bond donors (Lipinski definition) is 1. The third-order valence-corrected chi connectivity index (χ3v) is 4.88. The molecule has 108 valence electrons. The van der Waals surface area contributed by atoms with Crippen molar-refractivity contribution in [3.05, 3.63) is 50.2 Å². The van der Waals surface area contributed by atoms with Gasteiger partial charge in [0.05, 0.1) is 22.0 Å². The Kier molecular flexibility index (Phi) is 4.89. The first-order valence-electron chi connectivity index (χ1n) is 6.59. The molecule has 2 aromatic rings. The van der Waals surface area contributed by atoms with Crippen LogP contribution in [0.4, 0.5) is 0 Å². The normalized spacial score (nSPS) is 12.7. The van der Waals surface area contributed by atoms with Crippen LogP contribution in [0.1, 0.15) is 35.5 Å². The van der Waals surface area contributed by atoms with Crippen LogP contribution in [0.3, 0.4) is 0 Å². The van der Waals surface area contributed by atoms with Crippen LogP contribution in [-0.4, -0.2) is 14.9 Å². The Morgan fingerprint density at radius 2 is 2.15 bits per heavy atom. The van der Waals surface area contributed by atoms with Gasteiger partial charge in [0, 0.05) is 18.5 Å². The van der Waals surface area contributed by atoms with Crippen molar-refractivity contribution >= 4 is 27.5 Å². The van der Waals surface area contributed by atoms with E-state index in [1.807, 2.05) is 36.9 Å². The Morgan fingerprint density at radius 1 is 1.45 bits per heavy atom. The molecule has 0 amide bonds. The van der Waals surface area contributed by atoms with Crippen LogP contribution in [-0.2, 0) is 19.9 Å². The van der Waals surface area contributed by atoms with Crippen molar-refractivity contribution in [3.63, 3.8) is 0 Å². The van der Waals surface area contributed by atoms with Gasteiger partial charge in [-0.1, -0.05) is 30.7 Å². The number of aromatic nitrogens is 2. The first-order chi connectivity index (χ1) is 9.45. The van der Waals surface area contributed by atoms with E-state index in [1.54, 1.807) is 0 Å². The van der Waals surface area contributed by atoms with Gasteiger partial charge in [0.1, 0.15) is 0 Å². The number of halogens is 2. The molecule has 0 fully saturated rings. The number of aliphatic hydroxyl groups excluding tert-OH is 1. The smallest absolute Gasteiger partial charge is 0.0848 e. The summed E-state index contributed by atoms with van der Waals surface area (Å²) in [5, 5.41) is 15.6. The Hall–Kier alpha value is -0.840. The Bertz CT molecular complexity index is 625. The van der Waals surface area contributed by atoms with Crippen molar-refractivity contribution in [1.82, 2.24) is 9.78 Å². The summed E-state index contributed by atoms with van der Waals surface area (Å²) in [6.07, 6.45) is 0.775. The summed E-state index contributed by atoms with van der Waals surface area (Å²) < 4.78 is 2.81. The minimum atomic E-state index is -0.592. The molecule has 1 heterocycles. The van der Waals surface area contributed by atoms with E-state index in [2.05, 4.69) is 28.0 Å². The highest BCUT2D eigenvalue weighted by Crippen LogP contribution is 2.30. The predicted octanol–water partition coefficient (Wildman–Crippen LogP) is 3.98. The van der Waals surface area contributed by atoms with Crippen LogP contribution in [0, 0.1) is 6.92 Å². The fraction of sp³-hybridized carbons (Fsp3) is 0.400. The van der Waals surface area contributed by atoms with Gasteiger partial charge in [0.15, 0.2) is 0 Å². The van der Waals surface area contributed by atoms with Crippen molar-refractivity contribution in [2.24, 2.45) is 7.05 Å². The molecule has 0 aliphatic heterocycles. The number of hydrogen-bond acceptors (Lipinski definition) is 2. The van der Waals surface area contributed by atoms with E-state index in [1.165, 1.54) is 0 Å². The van der Waals surface area contributed by atoms with E-state index in [4.69, 9.17) is 11.6 Å². The molecule has 20 heavy (non-hydrogen) atoms. The fourth-order valence-corrected chi connectivity index (χ4v) is 3.28. The molecule has 3 nitrogen and oxygen atoms in total. The van der Waals surface area contributed by atoms with E-state index in [0.29, 0.717) is 11.4 Å². The van der Waals surface area contributed by atoms with Crippen LogP contribution in [0.5, 0.6) is 0 Å². The molecule has 0 radical (unpaired) electrons. The Labute approximate surface area is 132 Å². The number of benzene rings is 1. The number of aryl methyl sites for hydroxylation is 2. The van der Waals surface area contributed by atoms with Crippen molar-refractivity contribution in [2.45, 2.75) is 32.8 Å². The lowest BCUT2D eigenvalue weighted by atomic mass is 10.00. The maximum Gasteiger partial charge on any atom is 0.0848 e. The topological polar surface area (TPSA) is 38.0 Å². The predicted molar refractivity (Wildman–Crippen MR) is 85.1 cm³/mol. The Balaban J connectivity index is 2.30. The highest BCUT2D eigenvalue weighted by Gasteiger charge is 2.19. The molecule has 5 heteroatoms. The van der Waals surface area contributed by atoms with Gasteiger partial charge in [-0.15, -0.1) is 0 Å². The second-order valence-electron chi connectivity index (χ2n) is 4.86. The fourth-order valence-electron chi connectivity index (χ4n) is 2.32. The molecule has 0 aliphatic rings. The van der Waals surface area contributed by atoms with Crippen molar-refractivity contribution in [1.29, 1.82) is 0 Å². The van der Waals surface area contributed by atoms with E-state index < -0.39 is 6.10 Å². The average molecular weight is 358 g/mol. The zero-order chi connectivity index (χ0) is 14.9. The highest BCUT2D eigenvalue weighted by atomic mass is 79.9. The number of nitrogens with zero attached hydrogens (tertiary/aromatic N) is 2. The van der Waals surface area contributed by atoms with Crippen molar-refractivity contribution < 1.29 is 5.11 Å². The second kappa shape index (κ2) is 6.29. The molecule has 1 N–H and O–H groups in total. The summed E-state index contributed by atoms with van der Waals surface area (Å²) in [5.41, 5.74) is 3.80. The van der Waals surface area contributed by atoms with Gasteiger partial charge in [-0.25, -0.2) is 0 Å². The van der Waals surface area contributed by atoms with Crippen LogP contribution in [0.15, 0.2) is 22.7 Å². The molecule has 0 aliphatic carbocycles.